The van der Waals surface area contributed by atoms with Crippen molar-refractivity contribution in [2.45, 2.75) is 47.1 Å². The number of allylic oxidation sites excluding steroid dienone is 8. The zero-order valence-corrected chi connectivity index (χ0v) is 12.6. The maximum absolute atomic E-state index is 13.8. The second kappa shape index (κ2) is 6.65. The molecule has 1 rings (SSSR count). The van der Waals surface area contributed by atoms with Crippen LogP contribution in [0.2, 0.25) is 0 Å². The second-order valence-corrected chi connectivity index (χ2v) is 5.52. The molecule has 0 amide bonds. The molecule has 104 valence electrons. The average molecular weight is 261 g/mol. The number of rotatable bonds is 5. The molecule has 0 spiro atoms. The van der Waals surface area contributed by atoms with Gasteiger partial charge in [0.1, 0.15) is 5.83 Å². The van der Waals surface area contributed by atoms with E-state index >= 15 is 0 Å². The molecular formula is C17H24FN. The SMILES string of the molecule is CC/C=C\C=C/C(=NC(C)C)C1=CC=C(F)C1(C)C. The number of hydrogen-bond acceptors (Lipinski definition) is 1. The maximum atomic E-state index is 13.8. The van der Waals surface area contributed by atoms with Crippen LogP contribution in [0.3, 0.4) is 0 Å². The van der Waals surface area contributed by atoms with E-state index in [0.717, 1.165) is 17.7 Å². The van der Waals surface area contributed by atoms with Crippen LogP contribution in [0.25, 0.3) is 0 Å². The van der Waals surface area contributed by atoms with Crippen molar-refractivity contribution in [3.63, 3.8) is 0 Å². The smallest absolute Gasteiger partial charge is 0.110 e. The predicted molar refractivity (Wildman–Crippen MR) is 82.2 cm³/mol. The molecule has 0 aliphatic heterocycles. The number of hydrogen-bond donors (Lipinski definition) is 0. The van der Waals surface area contributed by atoms with Gasteiger partial charge in [-0.1, -0.05) is 31.2 Å². The minimum Gasteiger partial charge on any atom is -0.282 e. The summed E-state index contributed by atoms with van der Waals surface area (Å²) in [6.07, 6.45) is 12.4. The van der Waals surface area contributed by atoms with Crippen molar-refractivity contribution in [2.24, 2.45) is 10.4 Å². The number of halogens is 1. The van der Waals surface area contributed by atoms with E-state index in [-0.39, 0.29) is 11.9 Å². The van der Waals surface area contributed by atoms with Crippen LogP contribution >= 0.6 is 0 Å². The van der Waals surface area contributed by atoms with E-state index in [1.165, 1.54) is 0 Å². The van der Waals surface area contributed by atoms with Gasteiger partial charge in [-0.25, -0.2) is 4.39 Å². The summed E-state index contributed by atoms with van der Waals surface area (Å²) < 4.78 is 13.8. The van der Waals surface area contributed by atoms with Crippen LogP contribution < -0.4 is 0 Å². The third-order valence-electron chi connectivity index (χ3n) is 3.08. The third-order valence-corrected chi connectivity index (χ3v) is 3.08. The number of aliphatic imine (C=N–C) groups is 1. The highest BCUT2D eigenvalue weighted by Crippen LogP contribution is 2.41. The topological polar surface area (TPSA) is 12.4 Å². The second-order valence-electron chi connectivity index (χ2n) is 5.52. The summed E-state index contributed by atoms with van der Waals surface area (Å²) in [5, 5.41) is 0. The Labute approximate surface area is 116 Å². The molecule has 0 aromatic carbocycles. The van der Waals surface area contributed by atoms with Gasteiger partial charge in [-0.3, -0.25) is 4.99 Å². The zero-order chi connectivity index (χ0) is 14.5. The standard InChI is InChI=1S/C17H24FN/c1-6-7-8-9-10-15(19-13(2)3)14-11-12-16(18)17(14,4)5/h7-13H,6H2,1-5H3/b8-7-,10-9-,19-15?. The first-order chi connectivity index (χ1) is 8.89. The molecule has 1 aliphatic carbocycles. The molecule has 0 saturated heterocycles. The first kappa shape index (κ1) is 15.6. The van der Waals surface area contributed by atoms with Crippen molar-refractivity contribution in [3.05, 3.63) is 47.9 Å². The Morgan fingerprint density at radius 2 is 2.00 bits per heavy atom. The molecule has 0 radical (unpaired) electrons. The molecule has 0 atom stereocenters. The van der Waals surface area contributed by atoms with Gasteiger partial charge in [0.15, 0.2) is 0 Å². The van der Waals surface area contributed by atoms with Crippen LogP contribution in [0.5, 0.6) is 0 Å². The van der Waals surface area contributed by atoms with E-state index in [9.17, 15) is 4.39 Å². The van der Waals surface area contributed by atoms with Crippen molar-refractivity contribution < 1.29 is 4.39 Å². The monoisotopic (exact) mass is 261 g/mol. The molecule has 0 unspecified atom stereocenters. The van der Waals surface area contributed by atoms with Crippen LogP contribution in [-0.2, 0) is 0 Å². The lowest BCUT2D eigenvalue weighted by Gasteiger charge is -2.23. The summed E-state index contributed by atoms with van der Waals surface area (Å²) in [6.45, 7) is 9.94. The van der Waals surface area contributed by atoms with Crippen LogP contribution in [0.15, 0.2) is 52.8 Å². The Bertz CT molecular complexity index is 460. The Morgan fingerprint density at radius 1 is 1.32 bits per heavy atom. The van der Waals surface area contributed by atoms with Crippen molar-refractivity contribution in [1.82, 2.24) is 0 Å². The van der Waals surface area contributed by atoms with Gasteiger partial charge in [-0.05, 0) is 51.8 Å². The highest BCUT2D eigenvalue weighted by molar-refractivity contribution is 6.10. The lowest BCUT2D eigenvalue weighted by Crippen LogP contribution is -2.19. The van der Waals surface area contributed by atoms with Gasteiger partial charge in [0.25, 0.3) is 0 Å². The molecule has 1 aliphatic rings. The lowest BCUT2D eigenvalue weighted by molar-refractivity contribution is 0.427. The van der Waals surface area contributed by atoms with E-state index in [1.54, 1.807) is 6.08 Å². The fourth-order valence-corrected chi connectivity index (χ4v) is 1.95. The summed E-state index contributed by atoms with van der Waals surface area (Å²) in [7, 11) is 0. The van der Waals surface area contributed by atoms with Gasteiger partial charge >= 0.3 is 0 Å². The van der Waals surface area contributed by atoms with Crippen molar-refractivity contribution in [1.29, 1.82) is 0 Å². The first-order valence-electron chi connectivity index (χ1n) is 6.89. The summed E-state index contributed by atoms with van der Waals surface area (Å²) in [5.41, 5.74) is 1.23. The van der Waals surface area contributed by atoms with Gasteiger partial charge < -0.3 is 0 Å². The van der Waals surface area contributed by atoms with Crippen molar-refractivity contribution in [3.8, 4) is 0 Å². The van der Waals surface area contributed by atoms with Gasteiger partial charge in [-0.15, -0.1) is 0 Å². The van der Waals surface area contributed by atoms with E-state index in [0.29, 0.717) is 0 Å². The van der Waals surface area contributed by atoms with Crippen molar-refractivity contribution in [2.75, 3.05) is 0 Å². The van der Waals surface area contributed by atoms with Crippen LogP contribution in [0.1, 0.15) is 41.0 Å². The van der Waals surface area contributed by atoms with Crippen LogP contribution in [0.4, 0.5) is 4.39 Å². The van der Waals surface area contributed by atoms with E-state index in [2.05, 4.69) is 18.0 Å². The lowest BCUT2D eigenvalue weighted by atomic mass is 9.83. The normalized spacial score (nSPS) is 19.6. The Kier molecular flexibility index (Phi) is 5.46. The predicted octanol–water partition coefficient (Wildman–Crippen LogP) is 5.18. The van der Waals surface area contributed by atoms with Gasteiger partial charge in [0.05, 0.1) is 5.71 Å². The van der Waals surface area contributed by atoms with Gasteiger partial charge in [0.2, 0.25) is 0 Å². The summed E-state index contributed by atoms with van der Waals surface area (Å²) >= 11 is 0. The molecule has 0 fully saturated rings. The minimum atomic E-state index is -0.577. The zero-order valence-electron chi connectivity index (χ0n) is 12.6. The van der Waals surface area contributed by atoms with Crippen LogP contribution in [0, 0.1) is 5.41 Å². The Hall–Kier alpha value is -1.44. The Balaban J connectivity index is 3.02. The quantitative estimate of drug-likeness (QED) is 0.478. The molecule has 0 aromatic heterocycles. The van der Waals surface area contributed by atoms with Gasteiger partial charge in [-0.2, -0.15) is 0 Å². The van der Waals surface area contributed by atoms with E-state index in [4.69, 9.17) is 0 Å². The summed E-state index contributed by atoms with van der Waals surface area (Å²) in [4.78, 5) is 4.61. The molecule has 0 aromatic rings. The molecule has 0 N–H and O–H groups in total. The molecule has 19 heavy (non-hydrogen) atoms. The number of nitrogens with zero attached hydrogens (tertiary/aromatic N) is 1. The average Bonchev–Trinajstić information content (AvgIpc) is 2.58. The first-order valence-corrected chi connectivity index (χ1v) is 6.89. The molecule has 0 saturated carbocycles. The molecular weight excluding hydrogens is 237 g/mol. The third kappa shape index (κ3) is 4.02. The molecule has 0 heterocycles. The fraction of sp³-hybridized carbons (Fsp3) is 0.471. The Morgan fingerprint density at radius 3 is 2.47 bits per heavy atom. The fourth-order valence-electron chi connectivity index (χ4n) is 1.95. The van der Waals surface area contributed by atoms with E-state index in [1.807, 2.05) is 52.0 Å². The largest absolute Gasteiger partial charge is 0.282 e. The molecule has 1 nitrogen and oxygen atoms in total. The van der Waals surface area contributed by atoms with Gasteiger partial charge in [0, 0.05) is 11.5 Å². The highest BCUT2D eigenvalue weighted by atomic mass is 19.1. The molecule has 0 bridgehead atoms. The molecule has 2 heteroatoms. The minimum absolute atomic E-state index is 0.101. The van der Waals surface area contributed by atoms with Crippen molar-refractivity contribution >= 4 is 5.71 Å². The summed E-state index contributed by atoms with van der Waals surface area (Å²) in [5.74, 6) is -0.101. The van der Waals surface area contributed by atoms with Crippen LogP contribution in [-0.4, -0.2) is 11.8 Å². The van der Waals surface area contributed by atoms with E-state index < -0.39 is 5.41 Å². The summed E-state index contributed by atoms with van der Waals surface area (Å²) in [6, 6.07) is 0.190. The maximum Gasteiger partial charge on any atom is 0.110 e. The highest BCUT2D eigenvalue weighted by Gasteiger charge is 2.33.